The standard InChI is InChI=1S/C15H18O5/c1-14(2,3)20-13(17)15(18,19)12(16)10-9-11-7-5-4-6-8-11/h4-10,18-19H,1-3H3/b10-9+. The molecule has 0 aromatic heterocycles. The largest absolute Gasteiger partial charge is 0.456 e. The minimum Gasteiger partial charge on any atom is -0.456 e. The summed E-state index contributed by atoms with van der Waals surface area (Å²) >= 11 is 0. The highest BCUT2D eigenvalue weighted by Crippen LogP contribution is 2.14. The molecule has 5 heteroatoms. The molecule has 0 heterocycles. The third-order valence-electron chi connectivity index (χ3n) is 2.25. The van der Waals surface area contributed by atoms with Gasteiger partial charge in [0.2, 0.25) is 5.78 Å². The van der Waals surface area contributed by atoms with Crippen molar-refractivity contribution in [3.8, 4) is 0 Å². The Labute approximate surface area is 117 Å². The number of rotatable bonds is 4. The number of benzene rings is 1. The van der Waals surface area contributed by atoms with Crippen molar-refractivity contribution in [3.05, 3.63) is 42.0 Å². The quantitative estimate of drug-likeness (QED) is 0.375. The van der Waals surface area contributed by atoms with Crippen LogP contribution in [-0.4, -0.2) is 33.4 Å². The molecule has 0 unspecified atom stereocenters. The van der Waals surface area contributed by atoms with Gasteiger partial charge in [-0.25, -0.2) is 4.79 Å². The van der Waals surface area contributed by atoms with E-state index in [4.69, 9.17) is 4.74 Å². The van der Waals surface area contributed by atoms with E-state index in [-0.39, 0.29) is 0 Å². The van der Waals surface area contributed by atoms with Crippen LogP contribution in [0.4, 0.5) is 0 Å². The predicted octanol–water partition coefficient (Wildman–Crippen LogP) is 1.29. The lowest BCUT2D eigenvalue weighted by atomic mass is 10.1. The molecular formula is C15H18O5. The van der Waals surface area contributed by atoms with Crippen LogP contribution in [0.3, 0.4) is 0 Å². The summed E-state index contributed by atoms with van der Waals surface area (Å²) in [6.07, 6.45) is 2.31. The number of hydrogen-bond donors (Lipinski definition) is 2. The number of ether oxygens (including phenoxy) is 1. The maximum atomic E-state index is 11.7. The van der Waals surface area contributed by atoms with Crippen molar-refractivity contribution in [3.63, 3.8) is 0 Å². The van der Waals surface area contributed by atoms with Crippen LogP contribution in [-0.2, 0) is 14.3 Å². The van der Waals surface area contributed by atoms with Gasteiger partial charge in [-0.15, -0.1) is 0 Å². The molecular weight excluding hydrogens is 260 g/mol. The Morgan fingerprint density at radius 1 is 1.10 bits per heavy atom. The number of carbonyl (C=O) groups is 2. The van der Waals surface area contributed by atoms with E-state index in [1.54, 1.807) is 45.0 Å². The maximum Gasteiger partial charge on any atom is 0.375 e. The van der Waals surface area contributed by atoms with E-state index in [9.17, 15) is 19.8 Å². The van der Waals surface area contributed by atoms with Gasteiger partial charge in [-0.3, -0.25) is 4.79 Å². The van der Waals surface area contributed by atoms with Gasteiger partial charge in [-0.1, -0.05) is 36.4 Å². The third-order valence-corrected chi connectivity index (χ3v) is 2.25. The normalized spacial score (nSPS) is 12.4. The van der Waals surface area contributed by atoms with E-state index < -0.39 is 23.1 Å². The van der Waals surface area contributed by atoms with Crippen molar-refractivity contribution < 1.29 is 24.5 Å². The fraction of sp³-hybridized carbons (Fsp3) is 0.333. The fourth-order valence-corrected chi connectivity index (χ4v) is 1.30. The first-order valence-corrected chi connectivity index (χ1v) is 6.09. The molecule has 5 nitrogen and oxygen atoms in total. The maximum absolute atomic E-state index is 11.7. The molecule has 0 fully saturated rings. The summed E-state index contributed by atoms with van der Waals surface area (Å²) in [6, 6.07) is 8.80. The first kappa shape index (κ1) is 16.1. The van der Waals surface area contributed by atoms with Crippen LogP contribution >= 0.6 is 0 Å². The van der Waals surface area contributed by atoms with E-state index in [1.165, 1.54) is 6.08 Å². The first-order valence-electron chi connectivity index (χ1n) is 6.09. The third kappa shape index (κ3) is 4.60. The van der Waals surface area contributed by atoms with E-state index in [2.05, 4.69) is 0 Å². The van der Waals surface area contributed by atoms with Crippen LogP contribution in [0.5, 0.6) is 0 Å². The summed E-state index contributed by atoms with van der Waals surface area (Å²) in [5.74, 6) is -5.73. The van der Waals surface area contributed by atoms with Gasteiger partial charge in [-0.05, 0) is 32.4 Å². The second-order valence-corrected chi connectivity index (χ2v) is 5.28. The molecule has 0 aliphatic heterocycles. The van der Waals surface area contributed by atoms with Crippen molar-refractivity contribution in [1.29, 1.82) is 0 Å². The number of carbonyl (C=O) groups excluding carboxylic acids is 2. The van der Waals surface area contributed by atoms with Crippen molar-refractivity contribution in [1.82, 2.24) is 0 Å². The Morgan fingerprint density at radius 2 is 1.65 bits per heavy atom. The predicted molar refractivity (Wildman–Crippen MR) is 73.5 cm³/mol. The molecule has 0 radical (unpaired) electrons. The van der Waals surface area contributed by atoms with Gasteiger partial charge in [0.05, 0.1) is 0 Å². The number of aliphatic hydroxyl groups is 2. The molecule has 0 aliphatic carbocycles. The van der Waals surface area contributed by atoms with Gasteiger partial charge in [0.1, 0.15) is 5.60 Å². The Morgan fingerprint density at radius 3 is 2.15 bits per heavy atom. The monoisotopic (exact) mass is 278 g/mol. The number of ketones is 1. The van der Waals surface area contributed by atoms with Crippen LogP contribution in [0.25, 0.3) is 6.08 Å². The molecule has 0 saturated heterocycles. The minimum absolute atomic E-state index is 0.695. The molecule has 0 amide bonds. The van der Waals surface area contributed by atoms with Crippen LogP contribution < -0.4 is 0 Å². The summed E-state index contributed by atoms with van der Waals surface area (Å²) in [5.41, 5.74) is -0.224. The van der Waals surface area contributed by atoms with Crippen LogP contribution in [0, 0.1) is 0 Å². The summed E-state index contributed by atoms with van der Waals surface area (Å²) < 4.78 is 4.78. The summed E-state index contributed by atoms with van der Waals surface area (Å²) in [4.78, 5) is 23.2. The smallest absolute Gasteiger partial charge is 0.375 e. The van der Waals surface area contributed by atoms with Crippen molar-refractivity contribution >= 4 is 17.8 Å². The number of esters is 1. The van der Waals surface area contributed by atoms with Gasteiger partial charge >= 0.3 is 11.8 Å². The summed E-state index contributed by atoms with van der Waals surface area (Å²) in [5, 5.41) is 19.1. The van der Waals surface area contributed by atoms with E-state index in [1.807, 2.05) is 6.07 Å². The zero-order valence-electron chi connectivity index (χ0n) is 11.7. The lowest BCUT2D eigenvalue weighted by Gasteiger charge is -2.24. The highest BCUT2D eigenvalue weighted by atomic mass is 16.6. The van der Waals surface area contributed by atoms with Crippen molar-refractivity contribution in [2.45, 2.75) is 32.2 Å². The second kappa shape index (κ2) is 5.98. The van der Waals surface area contributed by atoms with Crippen LogP contribution in [0.2, 0.25) is 0 Å². The average molecular weight is 278 g/mol. The minimum atomic E-state index is -3.18. The SMILES string of the molecule is CC(C)(C)OC(=O)C(O)(O)C(=O)/C=C/c1ccccc1. The Kier molecular flexibility index (Phi) is 4.81. The molecule has 1 aromatic rings. The van der Waals surface area contributed by atoms with Crippen LogP contribution in [0.1, 0.15) is 26.3 Å². The highest BCUT2D eigenvalue weighted by molar-refractivity contribution is 6.11. The first-order chi connectivity index (χ1) is 9.13. The lowest BCUT2D eigenvalue weighted by molar-refractivity contribution is -0.214. The van der Waals surface area contributed by atoms with Gasteiger partial charge in [0.25, 0.3) is 0 Å². The molecule has 0 aliphatic rings. The van der Waals surface area contributed by atoms with Crippen molar-refractivity contribution in [2.75, 3.05) is 0 Å². The molecule has 0 atom stereocenters. The van der Waals surface area contributed by atoms with Gasteiger partial charge in [0, 0.05) is 0 Å². The van der Waals surface area contributed by atoms with E-state index in [0.29, 0.717) is 5.56 Å². The van der Waals surface area contributed by atoms with Crippen LogP contribution in [0.15, 0.2) is 36.4 Å². The van der Waals surface area contributed by atoms with Gasteiger partial charge < -0.3 is 14.9 Å². The Balaban J connectivity index is 2.80. The topological polar surface area (TPSA) is 83.8 Å². The Bertz CT molecular complexity index is 509. The van der Waals surface area contributed by atoms with E-state index in [0.717, 1.165) is 6.08 Å². The average Bonchev–Trinajstić information content (AvgIpc) is 2.35. The van der Waals surface area contributed by atoms with E-state index >= 15 is 0 Å². The van der Waals surface area contributed by atoms with Crippen molar-refractivity contribution in [2.24, 2.45) is 0 Å². The molecule has 0 spiro atoms. The number of hydrogen-bond acceptors (Lipinski definition) is 5. The zero-order chi connectivity index (χ0) is 15.4. The second-order valence-electron chi connectivity index (χ2n) is 5.28. The zero-order valence-corrected chi connectivity index (χ0v) is 11.7. The Hall–Kier alpha value is -1.98. The molecule has 2 N–H and O–H groups in total. The fourth-order valence-electron chi connectivity index (χ4n) is 1.30. The molecule has 0 saturated carbocycles. The molecule has 0 bridgehead atoms. The van der Waals surface area contributed by atoms with Gasteiger partial charge in [-0.2, -0.15) is 0 Å². The lowest BCUT2D eigenvalue weighted by Crippen LogP contribution is -2.49. The molecule has 20 heavy (non-hydrogen) atoms. The summed E-state index contributed by atoms with van der Waals surface area (Å²) in [7, 11) is 0. The molecule has 108 valence electrons. The summed E-state index contributed by atoms with van der Waals surface area (Å²) in [6.45, 7) is 4.68. The highest BCUT2D eigenvalue weighted by Gasteiger charge is 2.43. The van der Waals surface area contributed by atoms with Gasteiger partial charge in [0.15, 0.2) is 0 Å². The molecule has 1 rings (SSSR count). The molecule has 1 aromatic carbocycles.